The number of nitrogens with one attached hydrogen (secondary N) is 1. The molecule has 2 bridgehead atoms. The van der Waals surface area contributed by atoms with Gasteiger partial charge >= 0.3 is 0 Å². The number of carbonyl (C=O) groups is 1. The summed E-state index contributed by atoms with van der Waals surface area (Å²) in [4.78, 5) is 17.2. The molecule has 0 aromatic heterocycles. The maximum atomic E-state index is 12.7. The minimum absolute atomic E-state index is 0. The average molecular weight is 368 g/mol. The highest BCUT2D eigenvalue weighted by Gasteiger charge is 2.43. The van der Waals surface area contributed by atoms with Gasteiger partial charge in [-0.05, 0) is 58.7 Å². The molecule has 0 aromatic rings. The Kier molecular flexibility index (Phi) is 8.59. The van der Waals surface area contributed by atoms with Crippen molar-refractivity contribution in [1.29, 1.82) is 0 Å². The number of hydrogen-bond acceptors (Lipinski definition) is 4. The number of halogens is 2. The van der Waals surface area contributed by atoms with Crippen LogP contribution in [0, 0.1) is 0 Å². The molecule has 1 unspecified atom stereocenters. The van der Waals surface area contributed by atoms with Crippen molar-refractivity contribution in [2.75, 3.05) is 33.8 Å². The van der Waals surface area contributed by atoms with Crippen LogP contribution >= 0.6 is 24.8 Å². The minimum Gasteiger partial charge on any atom is -0.381 e. The fraction of sp³-hybridized carbons (Fsp3) is 0.938. The van der Waals surface area contributed by atoms with Gasteiger partial charge in [-0.25, -0.2) is 0 Å². The monoisotopic (exact) mass is 367 g/mol. The van der Waals surface area contributed by atoms with Gasteiger partial charge < -0.3 is 15.0 Å². The predicted molar refractivity (Wildman–Crippen MR) is 96.7 cm³/mol. The summed E-state index contributed by atoms with van der Waals surface area (Å²) in [5.41, 5.74) is 0. The van der Waals surface area contributed by atoms with Crippen LogP contribution in [-0.4, -0.2) is 73.7 Å². The standard InChI is InChI=1S/C16H29N3O2.2ClH/c1-18(12-5-7-17-8-6-12)11-16(20)19-13-3-4-14(19)10-15(9-13)21-2;;/h12-15,17H,3-11H2,1-2H3;2*1H/t13-,14+,15?;;. The molecule has 0 saturated carbocycles. The number of piperidine rings is 2. The van der Waals surface area contributed by atoms with E-state index in [0.717, 1.165) is 51.6 Å². The first-order valence-corrected chi connectivity index (χ1v) is 8.44. The second kappa shape index (κ2) is 9.42. The summed E-state index contributed by atoms with van der Waals surface area (Å²) in [6.07, 6.45) is 7.03. The van der Waals surface area contributed by atoms with Gasteiger partial charge in [-0.3, -0.25) is 9.69 Å². The molecule has 0 aliphatic carbocycles. The Bertz CT molecular complexity index is 366. The lowest BCUT2D eigenvalue weighted by molar-refractivity contribution is -0.139. The van der Waals surface area contributed by atoms with E-state index < -0.39 is 0 Å². The van der Waals surface area contributed by atoms with Crippen molar-refractivity contribution in [3.05, 3.63) is 0 Å². The fourth-order valence-corrected chi connectivity index (χ4v) is 4.40. The Morgan fingerprint density at radius 1 is 1.13 bits per heavy atom. The van der Waals surface area contributed by atoms with Crippen LogP contribution in [0.1, 0.15) is 38.5 Å². The first-order chi connectivity index (χ1) is 10.2. The summed E-state index contributed by atoms with van der Waals surface area (Å²) in [5, 5.41) is 3.39. The summed E-state index contributed by atoms with van der Waals surface area (Å²) in [7, 11) is 3.91. The maximum Gasteiger partial charge on any atom is 0.237 e. The van der Waals surface area contributed by atoms with Crippen molar-refractivity contribution >= 4 is 30.7 Å². The van der Waals surface area contributed by atoms with Crippen LogP contribution in [0.15, 0.2) is 0 Å². The molecule has 0 aromatic carbocycles. The van der Waals surface area contributed by atoms with Gasteiger partial charge in [0.15, 0.2) is 0 Å². The van der Waals surface area contributed by atoms with Gasteiger partial charge in [0.05, 0.1) is 12.6 Å². The summed E-state index contributed by atoms with van der Waals surface area (Å²) < 4.78 is 5.52. The normalized spacial score (nSPS) is 30.7. The third-order valence-electron chi connectivity index (χ3n) is 5.63. The van der Waals surface area contributed by atoms with Crippen LogP contribution in [0.2, 0.25) is 0 Å². The molecule has 3 fully saturated rings. The first kappa shape index (κ1) is 21.0. The summed E-state index contributed by atoms with van der Waals surface area (Å²) >= 11 is 0. The molecule has 3 atom stereocenters. The highest BCUT2D eigenvalue weighted by molar-refractivity contribution is 5.85. The maximum absolute atomic E-state index is 12.7. The van der Waals surface area contributed by atoms with Crippen LogP contribution in [-0.2, 0) is 9.53 Å². The number of hydrogen-bond donors (Lipinski definition) is 1. The Balaban J connectivity index is 0.00000132. The van der Waals surface area contributed by atoms with Crippen molar-refractivity contribution < 1.29 is 9.53 Å². The van der Waals surface area contributed by atoms with Gasteiger partial charge in [-0.1, -0.05) is 0 Å². The SMILES string of the molecule is COC1C[C@H]2CC[C@@H](C1)N2C(=O)CN(C)C1CCNCC1.Cl.Cl. The van der Waals surface area contributed by atoms with E-state index in [2.05, 4.69) is 22.2 Å². The van der Waals surface area contributed by atoms with Crippen molar-refractivity contribution in [2.45, 2.75) is 62.8 Å². The molecular formula is C16H31Cl2N3O2. The topological polar surface area (TPSA) is 44.8 Å². The molecule has 1 amide bonds. The van der Waals surface area contributed by atoms with E-state index in [4.69, 9.17) is 4.74 Å². The van der Waals surface area contributed by atoms with Gasteiger partial charge in [0.25, 0.3) is 0 Å². The summed E-state index contributed by atoms with van der Waals surface area (Å²) in [5.74, 6) is 0.332. The second-order valence-corrected chi connectivity index (χ2v) is 6.91. The third-order valence-corrected chi connectivity index (χ3v) is 5.63. The number of rotatable bonds is 4. The Morgan fingerprint density at radius 2 is 1.70 bits per heavy atom. The molecule has 23 heavy (non-hydrogen) atoms. The Hall–Kier alpha value is -0.0700. The lowest BCUT2D eigenvalue weighted by Crippen LogP contribution is -2.52. The van der Waals surface area contributed by atoms with E-state index in [9.17, 15) is 4.79 Å². The minimum atomic E-state index is 0. The smallest absolute Gasteiger partial charge is 0.237 e. The largest absolute Gasteiger partial charge is 0.381 e. The fourth-order valence-electron chi connectivity index (χ4n) is 4.40. The quantitative estimate of drug-likeness (QED) is 0.820. The van der Waals surface area contributed by atoms with Crippen LogP contribution < -0.4 is 5.32 Å². The molecule has 7 heteroatoms. The molecule has 0 radical (unpaired) electrons. The van der Waals surface area contributed by atoms with E-state index in [-0.39, 0.29) is 24.8 Å². The molecule has 3 saturated heterocycles. The molecule has 0 spiro atoms. The number of nitrogens with zero attached hydrogens (tertiary/aromatic N) is 2. The highest BCUT2D eigenvalue weighted by Crippen LogP contribution is 2.36. The van der Waals surface area contributed by atoms with Gasteiger partial charge in [0.1, 0.15) is 0 Å². The number of methoxy groups -OCH3 is 1. The van der Waals surface area contributed by atoms with Gasteiger partial charge in [-0.2, -0.15) is 0 Å². The number of likely N-dealkylation sites (N-methyl/N-ethyl adjacent to an activating group) is 1. The van der Waals surface area contributed by atoms with Crippen LogP contribution in [0.5, 0.6) is 0 Å². The highest BCUT2D eigenvalue weighted by atomic mass is 35.5. The van der Waals surface area contributed by atoms with E-state index in [1.807, 2.05) is 0 Å². The molecule has 3 aliphatic heterocycles. The van der Waals surface area contributed by atoms with Gasteiger partial charge in [-0.15, -0.1) is 24.8 Å². The molecular weight excluding hydrogens is 337 g/mol. The second-order valence-electron chi connectivity index (χ2n) is 6.91. The molecule has 3 rings (SSSR count). The zero-order valence-electron chi connectivity index (χ0n) is 14.2. The van der Waals surface area contributed by atoms with Crippen LogP contribution in [0.4, 0.5) is 0 Å². The number of carbonyl (C=O) groups excluding carboxylic acids is 1. The molecule has 1 N–H and O–H groups in total. The van der Waals surface area contributed by atoms with Crippen molar-refractivity contribution in [3.63, 3.8) is 0 Å². The van der Waals surface area contributed by atoms with E-state index >= 15 is 0 Å². The van der Waals surface area contributed by atoms with Crippen molar-refractivity contribution in [2.24, 2.45) is 0 Å². The van der Waals surface area contributed by atoms with E-state index in [1.54, 1.807) is 7.11 Å². The number of fused-ring (bicyclic) bond motifs is 2. The number of amides is 1. The molecule has 5 nitrogen and oxygen atoms in total. The van der Waals surface area contributed by atoms with Crippen LogP contribution in [0.25, 0.3) is 0 Å². The Labute approximate surface area is 152 Å². The molecule has 136 valence electrons. The molecule has 3 aliphatic rings. The average Bonchev–Trinajstić information content (AvgIpc) is 2.78. The first-order valence-electron chi connectivity index (χ1n) is 8.44. The van der Waals surface area contributed by atoms with E-state index in [0.29, 0.717) is 36.7 Å². The molecule has 3 heterocycles. The third kappa shape index (κ3) is 4.73. The van der Waals surface area contributed by atoms with E-state index in [1.165, 1.54) is 0 Å². The lowest BCUT2D eigenvalue weighted by Gasteiger charge is -2.40. The van der Waals surface area contributed by atoms with Gasteiger partial charge in [0.2, 0.25) is 5.91 Å². The lowest BCUT2D eigenvalue weighted by atomic mass is 9.99. The number of ether oxygens (including phenoxy) is 1. The van der Waals surface area contributed by atoms with Crippen molar-refractivity contribution in [1.82, 2.24) is 15.1 Å². The zero-order chi connectivity index (χ0) is 14.8. The van der Waals surface area contributed by atoms with Crippen LogP contribution in [0.3, 0.4) is 0 Å². The van der Waals surface area contributed by atoms with Gasteiger partial charge in [0, 0.05) is 25.2 Å². The summed E-state index contributed by atoms with van der Waals surface area (Å²) in [6, 6.07) is 1.40. The predicted octanol–water partition coefficient (Wildman–Crippen LogP) is 1.68. The van der Waals surface area contributed by atoms with Crippen molar-refractivity contribution in [3.8, 4) is 0 Å². The Morgan fingerprint density at radius 3 is 2.22 bits per heavy atom. The summed E-state index contributed by atoms with van der Waals surface area (Å²) in [6.45, 7) is 2.73. The zero-order valence-corrected chi connectivity index (χ0v) is 15.8.